The van der Waals surface area contributed by atoms with E-state index in [9.17, 15) is 13.6 Å². The number of anilines is 2. The van der Waals surface area contributed by atoms with Gasteiger partial charge in [-0.25, -0.2) is 4.98 Å². The molecule has 2 rings (SSSR count). The van der Waals surface area contributed by atoms with E-state index in [-0.39, 0.29) is 23.3 Å². The van der Waals surface area contributed by atoms with Gasteiger partial charge >= 0.3 is 0 Å². The molecule has 2 heterocycles. The molecule has 0 aliphatic heterocycles. The van der Waals surface area contributed by atoms with Gasteiger partial charge in [-0.05, 0) is 46.8 Å². The minimum atomic E-state index is -0.960. The molecule has 1 amide bonds. The van der Waals surface area contributed by atoms with Gasteiger partial charge in [0.2, 0.25) is 11.9 Å². The number of nitrogens with zero attached hydrogens (tertiary/aromatic N) is 2. The first-order chi connectivity index (χ1) is 12.0. The van der Waals surface area contributed by atoms with Crippen LogP contribution < -0.4 is 15.4 Å². The summed E-state index contributed by atoms with van der Waals surface area (Å²) in [6, 6.07) is 5.19. The summed E-state index contributed by atoms with van der Waals surface area (Å²) in [4.78, 5) is 19.8. The predicted molar refractivity (Wildman–Crippen MR) is 94.7 cm³/mol. The number of aromatic nitrogens is 2. The number of carbonyl (C=O) groups is 1. The maximum atomic E-state index is 13.2. The summed E-state index contributed by atoms with van der Waals surface area (Å²) in [5, 5.41) is 5.58. The fraction of sp³-hybridized carbons (Fsp3) is 0.389. The second-order valence-electron chi connectivity index (χ2n) is 7.04. The van der Waals surface area contributed by atoms with Crippen LogP contribution in [0.4, 0.5) is 20.3 Å². The Balaban J connectivity index is 2.36. The summed E-state index contributed by atoms with van der Waals surface area (Å²) in [7, 11) is 0. The highest BCUT2D eigenvalue weighted by Crippen LogP contribution is 2.24. The first kappa shape index (κ1) is 19.6. The van der Waals surface area contributed by atoms with Crippen LogP contribution >= 0.6 is 0 Å². The van der Waals surface area contributed by atoms with Crippen molar-refractivity contribution < 1.29 is 18.3 Å². The number of halogens is 2. The zero-order valence-electron chi connectivity index (χ0n) is 15.4. The SMILES string of the molecule is CC(C)Oc1ccc(Nc2cc(F)nc(F)c2)nc1C(=O)NC(C)(C)C. The second kappa shape index (κ2) is 7.63. The summed E-state index contributed by atoms with van der Waals surface area (Å²) < 4.78 is 32.1. The number of rotatable bonds is 5. The van der Waals surface area contributed by atoms with Crippen LogP contribution in [0.2, 0.25) is 0 Å². The Bertz CT molecular complexity index is 784. The number of amides is 1. The van der Waals surface area contributed by atoms with E-state index in [4.69, 9.17) is 4.74 Å². The number of ether oxygens (including phenoxy) is 1. The van der Waals surface area contributed by atoms with Crippen molar-refractivity contribution in [1.82, 2.24) is 15.3 Å². The Morgan fingerprint density at radius 3 is 2.27 bits per heavy atom. The summed E-state index contributed by atoms with van der Waals surface area (Å²) in [6.45, 7) is 9.20. The molecule has 140 valence electrons. The molecule has 0 fully saturated rings. The second-order valence-corrected chi connectivity index (χ2v) is 7.04. The summed E-state index contributed by atoms with van der Waals surface area (Å²) in [5.41, 5.74) is -0.259. The molecular formula is C18H22F2N4O2. The monoisotopic (exact) mass is 364 g/mol. The van der Waals surface area contributed by atoms with Crippen molar-refractivity contribution in [2.24, 2.45) is 0 Å². The maximum Gasteiger partial charge on any atom is 0.274 e. The van der Waals surface area contributed by atoms with E-state index in [1.165, 1.54) is 0 Å². The number of carbonyl (C=O) groups excluding carboxylic acids is 1. The molecule has 0 bridgehead atoms. The van der Waals surface area contributed by atoms with E-state index in [1.54, 1.807) is 12.1 Å². The molecular weight excluding hydrogens is 342 g/mol. The third-order valence-electron chi connectivity index (χ3n) is 2.96. The molecule has 8 heteroatoms. The Labute approximate surface area is 151 Å². The average Bonchev–Trinajstić information content (AvgIpc) is 2.45. The predicted octanol–water partition coefficient (Wildman–Crippen LogP) is 3.81. The lowest BCUT2D eigenvalue weighted by atomic mass is 10.1. The van der Waals surface area contributed by atoms with Gasteiger partial charge in [-0.2, -0.15) is 13.8 Å². The summed E-state index contributed by atoms with van der Waals surface area (Å²) in [5.74, 6) is -1.77. The molecule has 2 aromatic heterocycles. The number of pyridine rings is 2. The minimum Gasteiger partial charge on any atom is -0.489 e. The van der Waals surface area contributed by atoms with Crippen LogP contribution in [0.25, 0.3) is 0 Å². The largest absolute Gasteiger partial charge is 0.489 e. The lowest BCUT2D eigenvalue weighted by Crippen LogP contribution is -2.41. The van der Waals surface area contributed by atoms with Gasteiger partial charge in [-0.15, -0.1) is 0 Å². The zero-order valence-corrected chi connectivity index (χ0v) is 15.4. The third-order valence-corrected chi connectivity index (χ3v) is 2.96. The summed E-state index contributed by atoms with van der Waals surface area (Å²) in [6.07, 6.45) is -0.153. The molecule has 0 aliphatic rings. The van der Waals surface area contributed by atoms with E-state index in [1.807, 2.05) is 34.6 Å². The van der Waals surface area contributed by atoms with Gasteiger partial charge < -0.3 is 15.4 Å². The fourth-order valence-electron chi connectivity index (χ4n) is 2.11. The van der Waals surface area contributed by atoms with Crippen LogP contribution in [0.3, 0.4) is 0 Å². The van der Waals surface area contributed by atoms with Crippen molar-refractivity contribution in [2.75, 3.05) is 5.32 Å². The molecule has 0 aliphatic carbocycles. The first-order valence-electron chi connectivity index (χ1n) is 8.14. The van der Waals surface area contributed by atoms with Crippen LogP contribution in [-0.4, -0.2) is 27.5 Å². The number of hydrogen-bond donors (Lipinski definition) is 2. The van der Waals surface area contributed by atoms with Gasteiger partial charge in [0.15, 0.2) is 11.4 Å². The van der Waals surface area contributed by atoms with E-state index in [0.717, 1.165) is 12.1 Å². The quantitative estimate of drug-likeness (QED) is 0.789. The molecule has 0 saturated heterocycles. The molecule has 26 heavy (non-hydrogen) atoms. The molecule has 0 spiro atoms. The molecule has 0 atom stereocenters. The van der Waals surface area contributed by atoms with Crippen molar-refractivity contribution in [1.29, 1.82) is 0 Å². The Kier molecular flexibility index (Phi) is 5.74. The van der Waals surface area contributed by atoms with Gasteiger partial charge in [0.05, 0.1) is 6.10 Å². The van der Waals surface area contributed by atoms with Gasteiger partial charge in [-0.1, -0.05) is 0 Å². The molecule has 6 nitrogen and oxygen atoms in total. The number of nitrogens with one attached hydrogen (secondary N) is 2. The Morgan fingerprint density at radius 1 is 1.12 bits per heavy atom. The van der Waals surface area contributed by atoms with E-state index in [2.05, 4.69) is 20.6 Å². The first-order valence-corrected chi connectivity index (χ1v) is 8.14. The Hall–Kier alpha value is -2.77. The normalized spacial score (nSPS) is 11.4. The maximum absolute atomic E-state index is 13.2. The fourth-order valence-corrected chi connectivity index (χ4v) is 2.11. The highest BCUT2D eigenvalue weighted by atomic mass is 19.1. The Morgan fingerprint density at radius 2 is 1.73 bits per heavy atom. The molecule has 0 saturated carbocycles. The number of hydrogen-bond acceptors (Lipinski definition) is 5. The topological polar surface area (TPSA) is 76.1 Å². The van der Waals surface area contributed by atoms with Crippen LogP contribution in [0, 0.1) is 11.9 Å². The third kappa shape index (κ3) is 5.65. The van der Waals surface area contributed by atoms with Gasteiger partial charge in [-0.3, -0.25) is 4.79 Å². The van der Waals surface area contributed by atoms with E-state index < -0.39 is 23.3 Å². The lowest BCUT2D eigenvalue weighted by molar-refractivity contribution is 0.0908. The van der Waals surface area contributed by atoms with Crippen LogP contribution in [0.1, 0.15) is 45.1 Å². The molecule has 2 N–H and O–H groups in total. The van der Waals surface area contributed by atoms with E-state index in [0.29, 0.717) is 5.75 Å². The lowest BCUT2D eigenvalue weighted by Gasteiger charge is -2.22. The molecule has 2 aromatic rings. The molecule has 0 unspecified atom stereocenters. The van der Waals surface area contributed by atoms with Crippen LogP contribution in [-0.2, 0) is 0 Å². The van der Waals surface area contributed by atoms with Crippen molar-refractivity contribution >= 4 is 17.4 Å². The zero-order chi connectivity index (χ0) is 19.5. The minimum absolute atomic E-state index is 0.0774. The van der Waals surface area contributed by atoms with Crippen molar-refractivity contribution in [3.05, 3.63) is 41.9 Å². The molecule has 0 aromatic carbocycles. The van der Waals surface area contributed by atoms with E-state index >= 15 is 0 Å². The van der Waals surface area contributed by atoms with Crippen molar-refractivity contribution in [3.63, 3.8) is 0 Å². The van der Waals surface area contributed by atoms with Crippen molar-refractivity contribution in [3.8, 4) is 5.75 Å². The van der Waals surface area contributed by atoms with Gasteiger partial charge in [0.25, 0.3) is 5.91 Å². The standard InChI is InChI=1S/C18H22F2N4O2/c1-10(2)26-12-6-7-15(21-11-8-13(19)22-14(20)9-11)23-16(12)17(25)24-18(3,4)5/h6-10H,1-5H3,(H,24,25)(H,21,22,23). The van der Waals surface area contributed by atoms with Gasteiger partial charge in [0.1, 0.15) is 5.82 Å². The average molecular weight is 364 g/mol. The van der Waals surface area contributed by atoms with Crippen LogP contribution in [0.5, 0.6) is 5.75 Å². The highest BCUT2D eigenvalue weighted by molar-refractivity contribution is 5.95. The van der Waals surface area contributed by atoms with Gasteiger partial charge in [0, 0.05) is 23.4 Å². The van der Waals surface area contributed by atoms with Crippen LogP contribution in [0.15, 0.2) is 24.3 Å². The van der Waals surface area contributed by atoms with Crippen molar-refractivity contribution in [2.45, 2.75) is 46.3 Å². The highest BCUT2D eigenvalue weighted by Gasteiger charge is 2.21. The summed E-state index contributed by atoms with van der Waals surface area (Å²) >= 11 is 0. The molecule has 0 radical (unpaired) electrons. The smallest absolute Gasteiger partial charge is 0.274 e.